The van der Waals surface area contributed by atoms with Gasteiger partial charge in [-0.2, -0.15) is 9.40 Å². The van der Waals surface area contributed by atoms with Gasteiger partial charge in [0.15, 0.2) is 0 Å². The van der Waals surface area contributed by atoms with Gasteiger partial charge in [-0.3, -0.25) is 9.48 Å². The minimum Gasteiger partial charge on any atom is -0.356 e. The Hall–Kier alpha value is -1.41. The molecule has 2 aliphatic rings. The van der Waals surface area contributed by atoms with Gasteiger partial charge in [0.05, 0.1) is 11.2 Å². The van der Waals surface area contributed by atoms with Crippen LogP contribution in [0.3, 0.4) is 0 Å². The summed E-state index contributed by atoms with van der Waals surface area (Å²) in [7, 11) is -3.23. The minimum atomic E-state index is -3.23. The Bertz CT molecular complexity index is 689. The largest absolute Gasteiger partial charge is 0.356 e. The summed E-state index contributed by atoms with van der Waals surface area (Å²) in [6, 6.07) is 1.70. The van der Waals surface area contributed by atoms with Crippen LogP contribution in [-0.4, -0.2) is 53.3 Å². The van der Waals surface area contributed by atoms with Crippen molar-refractivity contribution in [2.24, 2.45) is 5.41 Å². The molecule has 1 aliphatic carbocycles. The molecule has 0 unspecified atom stereocenters. The van der Waals surface area contributed by atoms with Crippen molar-refractivity contribution in [2.45, 2.75) is 58.0 Å². The lowest BCUT2D eigenvalue weighted by molar-refractivity contribution is -0.137. The van der Waals surface area contributed by atoms with E-state index in [1.807, 2.05) is 23.9 Å². The highest BCUT2D eigenvalue weighted by Crippen LogP contribution is 2.46. The molecule has 0 bridgehead atoms. The van der Waals surface area contributed by atoms with Gasteiger partial charge in [0, 0.05) is 38.1 Å². The standard InChI is InChI=1S/C17H28N4O3S/c1-2-21-15-7-3-4-8-17(15,9-14-25(21,23)24)16(22)18-10-5-12-20-13-6-11-19-20/h6,11,13,15H,2-5,7-10,12,14H2,1H3,(H,18,22)/t15-,17-/m1/s1. The Labute approximate surface area is 149 Å². The monoisotopic (exact) mass is 368 g/mol. The molecule has 0 aromatic carbocycles. The molecular formula is C17H28N4O3S. The van der Waals surface area contributed by atoms with E-state index in [-0.39, 0.29) is 17.7 Å². The molecule has 1 saturated carbocycles. The van der Waals surface area contributed by atoms with Gasteiger partial charge in [0.1, 0.15) is 0 Å². The molecule has 1 aromatic heterocycles. The van der Waals surface area contributed by atoms with E-state index in [1.165, 1.54) is 0 Å². The molecule has 0 radical (unpaired) electrons. The molecular weight excluding hydrogens is 340 g/mol. The van der Waals surface area contributed by atoms with Crippen LogP contribution in [0.5, 0.6) is 0 Å². The zero-order chi connectivity index (χ0) is 17.9. The van der Waals surface area contributed by atoms with E-state index in [0.717, 1.165) is 38.6 Å². The summed E-state index contributed by atoms with van der Waals surface area (Å²) < 4.78 is 28.2. The summed E-state index contributed by atoms with van der Waals surface area (Å²) in [4.78, 5) is 13.0. The molecule has 8 heteroatoms. The van der Waals surface area contributed by atoms with Gasteiger partial charge in [0.2, 0.25) is 15.9 Å². The zero-order valence-corrected chi connectivity index (χ0v) is 15.7. The Morgan fingerprint density at radius 3 is 2.92 bits per heavy atom. The van der Waals surface area contributed by atoms with Crippen LogP contribution < -0.4 is 5.32 Å². The second-order valence-electron chi connectivity index (χ2n) is 7.07. The van der Waals surface area contributed by atoms with Crippen LogP contribution in [0.25, 0.3) is 0 Å². The molecule has 1 amide bonds. The van der Waals surface area contributed by atoms with Gasteiger partial charge in [0.25, 0.3) is 0 Å². The first-order valence-corrected chi connectivity index (χ1v) is 10.9. The number of nitrogens with zero attached hydrogens (tertiary/aromatic N) is 3. The second kappa shape index (κ2) is 7.45. The number of rotatable bonds is 6. The SMILES string of the molecule is CCN1[C@@H]2CCCC[C@@]2(C(=O)NCCCn2cccn2)CCS1(=O)=O. The van der Waals surface area contributed by atoms with Crippen molar-refractivity contribution in [3.8, 4) is 0 Å². The summed E-state index contributed by atoms with van der Waals surface area (Å²) in [5, 5.41) is 7.23. The molecule has 1 aromatic rings. The number of aryl methyl sites for hydroxylation is 1. The number of fused-ring (bicyclic) bond motifs is 1. The highest BCUT2D eigenvalue weighted by molar-refractivity contribution is 7.89. The van der Waals surface area contributed by atoms with Crippen molar-refractivity contribution in [1.29, 1.82) is 0 Å². The minimum absolute atomic E-state index is 0.0333. The maximum atomic E-state index is 13.0. The molecule has 140 valence electrons. The Morgan fingerprint density at radius 1 is 1.36 bits per heavy atom. The first kappa shape index (κ1) is 18.4. The molecule has 2 atom stereocenters. The van der Waals surface area contributed by atoms with Gasteiger partial charge in [-0.15, -0.1) is 0 Å². The summed E-state index contributed by atoms with van der Waals surface area (Å²) in [6.07, 6.45) is 8.46. The molecule has 3 rings (SSSR count). The van der Waals surface area contributed by atoms with Gasteiger partial charge in [-0.1, -0.05) is 19.8 Å². The van der Waals surface area contributed by atoms with E-state index in [2.05, 4.69) is 10.4 Å². The predicted molar refractivity (Wildman–Crippen MR) is 95.3 cm³/mol. The number of sulfonamides is 1. The van der Waals surface area contributed by atoms with Crippen molar-refractivity contribution in [1.82, 2.24) is 19.4 Å². The average molecular weight is 369 g/mol. The number of hydrogen-bond acceptors (Lipinski definition) is 4. The normalized spacial score (nSPS) is 29.1. The van der Waals surface area contributed by atoms with E-state index in [1.54, 1.807) is 10.5 Å². The van der Waals surface area contributed by atoms with Gasteiger partial charge in [-0.05, 0) is 31.7 Å². The molecule has 2 heterocycles. The Kier molecular flexibility index (Phi) is 5.48. The number of nitrogens with one attached hydrogen (secondary N) is 1. The second-order valence-corrected chi connectivity index (χ2v) is 9.11. The van der Waals surface area contributed by atoms with E-state index in [4.69, 9.17) is 0 Å². The van der Waals surface area contributed by atoms with Crippen molar-refractivity contribution in [3.63, 3.8) is 0 Å². The third-order valence-electron chi connectivity index (χ3n) is 5.67. The number of carbonyl (C=O) groups is 1. The fraction of sp³-hybridized carbons (Fsp3) is 0.765. The number of aromatic nitrogens is 2. The lowest BCUT2D eigenvalue weighted by Gasteiger charge is -2.50. The van der Waals surface area contributed by atoms with E-state index < -0.39 is 15.4 Å². The van der Waals surface area contributed by atoms with Crippen LogP contribution in [0.4, 0.5) is 0 Å². The van der Waals surface area contributed by atoms with Crippen LogP contribution in [0.1, 0.15) is 45.4 Å². The van der Waals surface area contributed by atoms with Crippen molar-refractivity contribution < 1.29 is 13.2 Å². The predicted octanol–water partition coefficient (Wildman–Crippen LogP) is 1.37. The molecule has 2 fully saturated rings. The highest BCUT2D eigenvalue weighted by atomic mass is 32.2. The maximum absolute atomic E-state index is 13.0. The van der Waals surface area contributed by atoms with E-state index in [9.17, 15) is 13.2 Å². The van der Waals surface area contributed by atoms with Crippen molar-refractivity contribution >= 4 is 15.9 Å². The summed E-state index contributed by atoms with van der Waals surface area (Å²) >= 11 is 0. The third-order valence-corrected chi connectivity index (χ3v) is 7.62. The van der Waals surface area contributed by atoms with E-state index in [0.29, 0.717) is 19.5 Å². The maximum Gasteiger partial charge on any atom is 0.227 e. The van der Waals surface area contributed by atoms with Crippen LogP contribution in [-0.2, 0) is 21.4 Å². The topological polar surface area (TPSA) is 84.3 Å². The van der Waals surface area contributed by atoms with Gasteiger partial charge in [-0.25, -0.2) is 8.42 Å². The molecule has 1 saturated heterocycles. The third kappa shape index (κ3) is 3.60. The van der Waals surface area contributed by atoms with Gasteiger partial charge < -0.3 is 5.32 Å². The molecule has 25 heavy (non-hydrogen) atoms. The first-order valence-electron chi connectivity index (χ1n) is 9.25. The van der Waals surface area contributed by atoms with Crippen molar-refractivity contribution in [3.05, 3.63) is 18.5 Å². The number of amides is 1. The lowest BCUT2D eigenvalue weighted by Crippen LogP contribution is -2.62. The van der Waals surface area contributed by atoms with Crippen LogP contribution >= 0.6 is 0 Å². The molecule has 7 nitrogen and oxygen atoms in total. The van der Waals surface area contributed by atoms with E-state index >= 15 is 0 Å². The molecule has 0 spiro atoms. The Balaban J connectivity index is 1.65. The van der Waals surface area contributed by atoms with Crippen LogP contribution in [0.15, 0.2) is 18.5 Å². The highest BCUT2D eigenvalue weighted by Gasteiger charge is 2.54. The first-order chi connectivity index (χ1) is 12.0. The quantitative estimate of drug-likeness (QED) is 0.769. The summed E-state index contributed by atoms with van der Waals surface area (Å²) in [5.41, 5.74) is -0.550. The Morgan fingerprint density at radius 2 is 2.20 bits per heavy atom. The van der Waals surface area contributed by atoms with Crippen LogP contribution in [0, 0.1) is 5.41 Å². The summed E-state index contributed by atoms with van der Waals surface area (Å²) in [5.74, 6) is 0.115. The average Bonchev–Trinajstić information content (AvgIpc) is 3.11. The molecule has 1 N–H and O–H groups in total. The number of hydrogen-bond donors (Lipinski definition) is 1. The van der Waals surface area contributed by atoms with Crippen LogP contribution in [0.2, 0.25) is 0 Å². The fourth-order valence-corrected chi connectivity index (χ4v) is 6.35. The smallest absolute Gasteiger partial charge is 0.227 e. The molecule has 1 aliphatic heterocycles. The summed E-state index contributed by atoms with van der Waals surface area (Å²) in [6.45, 7) is 3.66. The lowest BCUT2D eigenvalue weighted by atomic mass is 9.67. The van der Waals surface area contributed by atoms with Gasteiger partial charge >= 0.3 is 0 Å². The number of carbonyl (C=O) groups excluding carboxylic acids is 1. The zero-order valence-electron chi connectivity index (χ0n) is 14.9. The fourth-order valence-electron chi connectivity index (χ4n) is 4.40. The van der Waals surface area contributed by atoms with Crippen molar-refractivity contribution in [2.75, 3.05) is 18.8 Å².